The van der Waals surface area contributed by atoms with Crippen LogP contribution in [0, 0.1) is 5.92 Å². The van der Waals surface area contributed by atoms with Gasteiger partial charge in [-0.1, -0.05) is 61.4 Å². The van der Waals surface area contributed by atoms with Crippen LogP contribution in [-0.2, 0) is 14.3 Å². The lowest BCUT2D eigenvalue weighted by atomic mass is 9.84. The van der Waals surface area contributed by atoms with Gasteiger partial charge in [-0.3, -0.25) is 9.59 Å². The van der Waals surface area contributed by atoms with E-state index in [2.05, 4.69) is 10.6 Å². The van der Waals surface area contributed by atoms with Crippen molar-refractivity contribution in [2.75, 3.05) is 6.61 Å². The Morgan fingerprint density at radius 2 is 1.57 bits per heavy atom. The number of halogens is 2. The summed E-state index contributed by atoms with van der Waals surface area (Å²) in [6.45, 7) is -0.0373. The first kappa shape index (κ1) is 24.6. The number of carboxylic acid groups (broad SMARTS) is 1. The van der Waals surface area contributed by atoms with E-state index in [1.807, 2.05) is 48.5 Å². The summed E-state index contributed by atoms with van der Waals surface area (Å²) in [7, 11) is 0. The average Bonchev–Trinajstić information content (AvgIpc) is 3.16. The lowest BCUT2D eigenvalue weighted by Crippen LogP contribution is -2.49. The van der Waals surface area contributed by atoms with E-state index in [-0.39, 0.29) is 12.5 Å². The van der Waals surface area contributed by atoms with E-state index >= 15 is 0 Å². The van der Waals surface area contributed by atoms with Crippen molar-refractivity contribution in [3.8, 4) is 11.1 Å². The Kier molecular flexibility index (Phi) is 7.63. The molecule has 3 atom stereocenters. The molecule has 9 heteroatoms. The van der Waals surface area contributed by atoms with Crippen molar-refractivity contribution >= 4 is 18.0 Å². The Morgan fingerprint density at radius 3 is 2.17 bits per heavy atom. The summed E-state index contributed by atoms with van der Waals surface area (Å²) in [4.78, 5) is 36.2. The molecular formula is C26H28F2N2O5. The quantitative estimate of drug-likeness (QED) is 0.516. The first-order valence-electron chi connectivity index (χ1n) is 11.8. The van der Waals surface area contributed by atoms with Crippen LogP contribution in [0.5, 0.6) is 0 Å². The zero-order valence-corrected chi connectivity index (χ0v) is 19.1. The predicted molar refractivity (Wildman–Crippen MR) is 124 cm³/mol. The molecule has 0 aliphatic heterocycles. The van der Waals surface area contributed by atoms with Gasteiger partial charge in [0.15, 0.2) is 0 Å². The topological polar surface area (TPSA) is 105 Å². The third-order valence-corrected chi connectivity index (χ3v) is 6.79. The highest BCUT2D eigenvalue weighted by molar-refractivity contribution is 5.80. The Morgan fingerprint density at radius 1 is 0.971 bits per heavy atom. The van der Waals surface area contributed by atoms with Crippen LogP contribution < -0.4 is 10.6 Å². The Hall–Kier alpha value is -3.49. The molecule has 4 rings (SSSR count). The van der Waals surface area contributed by atoms with E-state index in [4.69, 9.17) is 4.74 Å². The molecule has 0 radical (unpaired) electrons. The summed E-state index contributed by atoms with van der Waals surface area (Å²) < 4.78 is 32.5. The molecule has 0 aromatic heterocycles. The molecule has 35 heavy (non-hydrogen) atoms. The van der Waals surface area contributed by atoms with Gasteiger partial charge in [-0.25, -0.2) is 13.6 Å². The molecule has 1 unspecified atom stereocenters. The fourth-order valence-electron chi connectivity index (χ4n) is 5.06. The highest BCUT2D eigenvalue weighted by Crippen LogP contribution is 2.44. The fourth-order valence-corrected chi connectivity index (χ4v) is 5.06. The molecule has 2 aromatic carbocycles. The summed E-state index contributed by atoms with van der Waals surface area (Å²) >= 11 is 0. The minimum Gasteiger partial charge on any atom is -0.481 e. The summed E-state index contributed by atoms with van der Waals surface area (Å²) in [6, 6.07) is 13.1. The summed E-state index contributed by atoms with van der Waals surface area (Å²) in [5, 5.41) is 14.0. The fraction of sp³-hybridized carbons (Fsp3) is 0.423. The molecule has 1 saturated carbocycles. The van der Waals surface area contributed by atoms with Crippen molar-refractivity contribution in [2.24, 2.45) is 5.92 Å². The number of nitrogens with one attached hydrogen (secondary N) is 2. The van der Waals surface area contributed by atoms with Crippen molar-refractivity contribution in [2.45, 2.75) is 56.5 Å². The third kappa shape index (κ3) is 5.61. The van der Waals surface area contributed by atoms with Gasteiger partial charge in [0.2, 0.25) is 5.91 Å². The van der Waals surface area contributed by atoms with Crippen LogP contribution in [0.3, 0.4) is 0 Å². The molecule has 1 fully saturated rings. The molecule has 2 aromatic rings. The Labute approximate surface area is 201 Å². The van der Waals surface area contributed by atoms with Gasteiger partial charge in [0.25, 0.3) is 6.43 Å². The molecule has 0 spiro atoms. The maximum atomic E-state index is 13.6. The lowest BCUT2D eigenvalue weighted by Gasteiger charge is -2.29. The first-order valence-corrected chi connectivity index (χ1v) is 11.8. The molecule has 2 aliphatic rings. The van der Waals surface area contributed by atoms with Crippen LogP contribution in [0.25, 0.3) is 11.1 Å². The molecule has 3 N–H and O–H groups in total. The van der Waals surface area contributed by atoms with Crippen LogP contribution in [0.1, 0.15) is 49.1 Å². The van der Waals surface area contributed by atoms with E-state index in [0.717, 1.165) is 35.1 Å². The average molecular weight is 487 g/mol. The van der Waals surface area contributed by atoms with E-state index in [1.54, 1.807) is 0 Å². The number of hydrogen-bond acceptors (Lipinski definition) is 4. The van der Waals surface area contributed by atoms with Crippen LogP contribution >= 0.6 is 0 Å². The maximum Gasteiger partial charge on any atom is 0.407 e. The largest absolute Gasteiger partial charge is 0.481 e. The second-order valence-corrected chi connectivity index (χ2v) is 9.02. The van der Waals surface area contributed by atoms with Gasteiger partial charge in [-0.05, 0) is 35.1 Å². The molecule has 7 nitrogen and oxygen atoms in total. The standard InChI is InChI=1S/C26H28F2N2O5/c27-24(28)22(13-23(31)29-21-12-6-5-11-19(21)25(32)33)30-26(34)35-14-20-17-9-3-1-7-15(17)16-8-2-4-10-18(16)20/h1-4,7-10,19-22,24H,5-6,11-14H2,(H,29,31)(H,30,34)(H,32,33)/t19-,21+,22?/m1/s1. The van der Waals surface area contributed by atoms with Gasteiger partial charge < -0.3 is 20.5 Å². The van der Waals surface area contributed by atoms with Crippen molar-refractivity contribution in [1.29, 1.82) is 0 Å². The highest BCUT2D eigenvalue weighted by Gasteiger charge is 2.34. The van der Waals surface area contributed by atoms with Gasteiger partial charge in [-0.15, -0.1) is 0 Å². The first-order chi connectivity index (χ1) is 16.8. The predicted octanol–water partition coefficient (Wildman–Crippen LogP) is 4.31. The molecule has 2 aliphatic carbocycles. The Balaban J connectivity index is 1.34. The number of carbonyl (C=O) groups is 3. The maximum absolute atomic E-state index is 13.6. The minimum atomic E-state index is -3.00. The summed E-state index contributed by atoms with van der Waals surface area (Å²) in [6.07, 6.45) is -2.31. The monoisotopic (exact) mass is 486 g/mol. The van der Waals surface area contributed by atoms with E-state index in [0.29, 0.717) is 12.8 Å². The minimum absolute atomic E-state index is 0.0373. The van der Waals surface area contributed by atoms with Crippen LogP contribution in [-0.4, -0.2) is 48.2 Å². The SMILES string of the molecule is O=C(CC(NC(=O)OCC1c2ccccc2-c2ccccc21)C(F)F)N[C@H]1CCCC[C@H]1C(=O)O. The second-order valence-electron chi connectivity index (χ2n) is 9.02. The number of alkyl halides is 2. The molecule has 186 valence electrons. The number of rotatable bonds is 8. The van der Waals surface area contributed by atoms with Gasteiger partial charge in [0, 0.05) is 12.0 Å². The smallest absolute Gasteiger partial charge is 0.407 e. The zero-order valence-electron chi connectivity index (χ0n) is 19.1. The highest BCUT2D eigenvalue weighted by atomic mass is 19.3. The normalized spacial score (nSPS) is 20.0. The van der Waals surface area contributed by atoms with Crippen molar-refractivity contribution < 1.29 is 33.0 Å². The van der Waals surface area contributed by atoms with E-state index in [1.165, 1.54) is 0 Å². The molecule has 0 bridgehead atoms. The number of carboxylic acids is 1. The van der Waals surface area contributed by atoms with Crippen molar-refractivity contribution in [1.82, 2.24) is 10.6 Å². The number of amides is 2. The van der Waals surface area contributed by atoms with Gasteiger partial charge in [0.05, 0.1) is 12.3 Å². The number of ether oxygens (including phenoxy) is 1. The van der Waals surface area contributed by atoms with E-state index < -0.39 is 48.8 Å². The van der Waals surface area contributed by atoms with Crippen LogP contribution in [0.4, 0.5) is 13.6 Å². The summed E-state index contributed by atoms with van der Waals surface area (Å²) in [5.74, 6) is -2.71. The van der Waals surface area contributed by atoms with Crippen molar-refractivity contribution in [3.63, 3.8) is 0 Å². The molecule has 0 saturated heterocycles. The third-order valence-electron chi connectivity index (χ3n) is 6.79. The lowest BCUT2D eigenvalue weighted by molar-refractivity contribution is -0.144. The van der Waals surface area contributed by atoms with Crippen molar-refractivity contribution in [3.05, 3.63) is 59.7 Å². The molecule has 0 heterocycles. The van der Waals surface area contributed by atoms with Gasteiger partial charge >= 0.3 is 12.1 Å². The Bertz CT molecular complexity index is 1050. The van der Waals surface area contributed by atoms with Gasteiger partial charge in [-0.2, -0.15) is 0 Å². The molecular weight excluding hydrogens is 458 g/mol. The number of hydrogen-bond donors (Lipinski definition) is 3. The van der Waals surface area contributed by atoms with Crippen LogP contribution in [0.15, 0.2) is 48.5 Å². The number of carbonyl (C=O) groups excluding carboxylic acids is 2. The van der Waals surface area contributed by atoms with Gasteiger partial charge in [0.1, 0.15) is 12.6 Å². The number of fused-ring (bicyclic) bond motifs is 3. The number of aliphatic carboxylic acids is 1. The van der Waals surface area contributed by atoms with Crippen LogP contribution in [0.2, 0.25) is 0 Å². The second kappa shape index (κ2) is 10.8. The summed E-state index contributed by atoms with van der Waals surface area (Å²) in [5.41, 5.74) is 4.07. The molecule has 2 amide bonds. The zero-order chi connectivity index (χ0) is 24.9. The number of alkyl carbamates (subject to hydrolysis) is 1. The number of benzene rings is 2. The van der Waals surface area contributed by atoms with E-state index in [9.17, 15) is 28.3 Å².